The second kappa shape index (κ2) is 7.77. The Balaban J connectivity index is 1.44. The van der Waals surface area contributed by atoms with Crippen molar-refractivity contribution >= 4 is 22.5 Å². The highest BCUT2D eigenvalue weighted by molar-refractivity contribution is 5.97. The van der Waals surface area contributed by atoms with E-state index >= 15 is 0 Å². The SMILES string of the molecule is COc1ccc(F)cc1-c1ccnc2[nH]c(C3=CC(C(=O)NC4CC(F)C4)NC3)cc12. The number of amides is 1. The van der Waals surface area contributed by atoms with Gasteiger partial charge < -0.3 is 15.0 Å². The van der Waals surface area contributed by atoms with Crippen molar-refractivity contribution in [3.63, 3.8) is 0 Å². The van der Waals surface area contributed by atoms with Crippen LogP contribution < -0.4 is 15.4 Å². The number of benzene rings is 1. The lowest BCUT2D eigenvalue weighted by Crippen LogP contribution is -2.50. The smallest absolute Gasteiger partial charge is 0.241 e. The molecule has 0 radical (unpaired) electrons. The predicted molar refractivity (Wildman–Crippen MR) is 114 cm³/mol. The number of fused-ring (bicyclic) bond motifs is 1. The molecule has 1 fully saturated rings. The van der Waals surface area contributed by atoms with Crippen LogP contribution in [-0.4, -0.2) is 47.8 Å². The van der Waals surface area contributed by atoms with Crippen molar-refractivity contribution in [2.75, 3.05) is 13.7 Å². The molecule has 31 heavy (non-hydrogen) atoms. The monoisotopic (exact) mass is 424 g/mol. The van der Waals surface area contributed by atoms with Crippen molar-refractivity contribution in [3.05, 3.63) is 54.1 Å². The van der Waals surface area contributed by atoms with Crippen molar-refractivity contribution in [3.8, 4) is 16.9 Å². The van der Waals surface area contributed by atoms with Gasteiger partial charge in [-0.3, -0.25) is 10.1 Å². The average Bonchev–Trinajstić information content (AvgIpc) is 3.39. The van der Waals surface area contributed by atoms with Crippen LogP contribution in [0.15, 0.2) is 42.6 Å². The molecule has 1 amide bonds. The lowest BCUT2D eigenvalue weighted by atomic mass is 9.90. The largest absolute Gasteiger partial charge is 0.496 e. The first-order chi connectivity index (χ1) is 15.0. The molecule has 8 heteroatoms. The number of ether oxygens (including phenoxy) is 1. The Hall–Kier alpha value is -3.26. The van der Waals surface area contributed by atoms with Crippen LogP contribution in [0.4, 0.5) is 8.78 Å². The number of aromatic nitrogens is 2. The van der Waals surface area contributed by atoms with E-state index < -0.39 is 12.2 Å². The maximum absolute atomic E-state index is 13.9. The minimum Gasteiger partial charge on any atom is -0.496 e. The van der Waals surface area contributed by atoms with E-state index in [4.69, 9.17) is 4.74 Å². The molecular formula is C23H22F2N4O2. The van der Waals surface area contributed by atoms with Gasteiger partial charge >= 0.3 is 0 Å². The number of carbonyl (C=O) groups is 1. The molecule has 5 rings (SSSR count). The van der Waals surface area contributed by atoms with Crippen molar-refractivity contribution in [1.29, 1.82) is 0 Å². The van der Waals surface area contributed by atoms with Crippen molar-refractivity contribution < 1.29 is 18.3 Å². The van der Waals surface area contributed by atoms with E-state index in [-0.39, 0.29) is 17.8 Å². The number of pyridine rings is 1. The molecule has 1 aliphatic heterocycles. The molecule has 1 aliphatic carbocycles. The standard InChI is InChI=1S/C23H22F2N4O2/c1-31-21-3-2-13(24)9-17(21)16-4-5-26-22-18(16)10-19(29-22)12-6-20(27-11-12)23(30)28-15-7-14(25)8-15/h2-6,9-10,14-15,20,27H,7-8,11H2,1H3,(H,26,29)(H,28,30). The zero-order valence-electron chi connectivity index (χ0n) is 16.9. The number of aromatic amines is 1. The summed E-state index contributed by atoms with van der Waals surface area (Å²) in [4.78, 5) is 20.1. The van der Waals surface area contributed by atoms with Gasteiger partial charge in [0.15, 0.2) is 0 Å². The van der Waals surface area contributed by atoms with Crippen molar-refractivity contribution in [1.82, 2.24) is 20.6 Å². The van der Waals surface area contributed by atoms with Gasteiger partial charge in [-0.1, -0.05) is 6.08 Å². The third-order valence-electron chi connectivity index (χ3n) is 5.92. The second-order valence-corrected chi connectivity index (χ2v) is 7.97. The average molecular weight is 424 g/mol. The molecule has 160 valence electrons. The number of hydrogen-bond acceptors (Lipinski definition) is 4. The Morgan fingerprint density at radius 1 is 1.23 bits per heavy atom. The van der Waals surface area contributed by atoms with Gasteiger partial charge in [0.2, 0.25) is 5.91 Å². The van der Waals surface area contributed by atoms with Crippen LogP contribution in [0.3, 0.4) is 0 Å². The fourth-order valence-electron chi connectivity index (χ4n) is 4.18. The van der Waals surface area contributed by atoms with E-state index in [0.717, 1.165) is 22.2 Å². The minimum absolute atomic E-state index is 0.0807. The number of nitrogens with one attached hydrogen (secondary N) is 3. The van der Waals surface area contributed by atoms with Gasteiger partial charge in [0, 0.05) is 35.4 Å². The summed E-state index contributed by atoms with van der Waals surface area (Å²) >= 11 is 0. The molecule has 3 aromatic rings. The van der Waals surface area contributed by atoms with E-state index in [1.54, 1.807) is 19.4 Å². The van der Waals surface area contributed by atoms with Crippen LogP contribution in [0.5, 0.6) is 5.75 Å². The number of methoxy groups -OCH3 is 1. The summed E-state index contributed by atoms with van der Waals surface area (Å²) in [7, 11) is 1.55. The van der Waals surface area contributed by atoms with Gasteiger partial charge in [-0.2, -0.15) is 0 Å². The Morgan fingerprint density at radius 2 is 2.06 bits per heavy atom. The molecule has 1 saturated carbocycles. The lowest BCUT2D eigenvalue weighted by Gasteiger charge is -2.31. The van der Waals surface area contributed by atoms with E-state index in [2.05, 4.69) is 20.6 Å². The van der Waals surface area contributed by atoms with Gasteiger partial charge in [0.05, 0.1) is 7.11 Å². The normalized spacial score (nSPS) is 22.8. The first-order valence-electron chi connectivity index (χ1n) is 10.2. The highest BCUT2D eigenvalue weighted by Gasteiger charge is 2.32. The quantitative estimate of drug-likeness (QED) is 0.587. The number of rotatable bonds is 5. The number of alkyl halides is 1. The summed E-state index contributed by atoms with van der Waals surface area (Å²) in [6.07, 6.45) is 3.49. The molecule has 1 unspecified atom stereocenters. The third kappa shape index (κ3) is 3.67. The van der Waals surface area contributed by atoms with Crippen molar-refractivity contribution in [2.45, 2.75) is 31.1 Å². The first kappa shape index (κ1) is 19.7. The predicted octanol–water partition coefficient (Wildman–Crippen LogP) is 3.35. The topological polar surface area (TPSA) is 79.0 Å². The first-order valence-corrected chi connectivity index (χ1v) is 10.2. The molecule has 2 aliphatic rings. The van der Waals surface area contributed by atoms with Crippen molar-refractivity contribution in [2.24, 2.45) is 0 Å². The molecule has 1 atom stereocenters. The van der Waals surface area contributed by atoms with Crippen LogP contribution in [0, 0.1) is 5.82 Å². The van der Waals surface area contributed by atoms with Gasteiger partial charge in [-0.05, 0) is 54.3 Å². The highest BCUT2D eigenvalue weighted by Crippen LogP contribution is 2.36. The summed E-state index contributed by atoms with van der Waals surface area (Å²) in [5.74, 6) is 0.0755. The fourth-order valence-corrected chi connectivity index (χ4v) is 4.18. The van der Waals surface area contributed by atoms with E-state index in [9.17, 15) is 13.6 Å². The van der Waals surface area contributed by atoms with Gasteiger partial charge in [-0.15, -0.1) is 0 Å². The Kier molecular flexibility index (Phi) is 4.94. The zero-order chi connectivity index (χ0) is 21.5. The Morgan fingerprint density at radius 3 is 2.84 bits per heavy atom. The summed E-state index contributed by atoms with van der Waals surface area (Å²) in [6, 6.07) is 7.64. The van der Waals surface area contributed by atoms with Crippen LogP contribution in [-0.2, 0) is 4.79 Å². The Bertz CT molecular complexity index is 1180. The molecule has 6 nitrogen and oxygen atoms in total. The van der Waals surface area contributed by atoms with Gasteiger partial charge in [0.1, 0.15) is 29.4 Å². The maximum atomic E-state index is 13.9. The Labute approximate surface area is 177 Å². The number of nitrogens with zero attached hydrogens (tertiary/aromatic N) is 1. The van der Waals surface area contributed by atoms with Gasteiger partial charge in [0.25, 0.3) is 0 Å². The minimum atomic E-state index is -0.808. The molecule has 0 saturated heterocycles. The van der Waals surface area contributed by atoms with Crippen LogP contribution in [0.1, 0.15) is 18.5 Å². The number of carbonyl (C=O) groups excluding carboxylic acids is 1. The van der Waals surface area contributed by atoms with Crippen LogP contribution in [0.2, 0.25) is 0 Å². The fraction of sp³-hybridized carbons (Fsp3) is 0.304. The molecule has 0 spiro atoms. The molecule has 1 aromatic carbocycles. The van der Waals surface area contributed by atoms with Gasteiger partial charge in [-0.25, -0.2) is 13.8 Å². The van der Waals surface area contributed by atoms with E-state index in [0.29, 0.717) is 36.3 Å². The number of halogens is 2. The van der Waals surface area contributed by atoms with E-state index in [1.165, 1.54) is 12.1 Å². The van der Waals surface area contributed by atoms with E-state index in [1.807, 2.05) is 18.2 Å². The molecular weight excluding hydrogens is 402 g/mol. The summed E-state index contributed by atoms with van der Waals surface area (Å²) in [5, 5.41) is 6.89. The number of hydrogen-bond donors (Lipinski definition) is 3. The second-order valence-electron chi connectivity index (χ2n) is 7.97. The number of H-pyrrole nitrogens is 1. The molecule has 0 bridgehead atoms. The summed E-state index contributed by atoms with van der Waals surface area (Å²) < 4.78 is 32.3. The van der Waals surface area contributed by atoms with Crippen LogP contribution in [0.25, 0.3) is 27.7 Å². The molecule has 3 heterocycles. The summed E-state index contributed by atoms with van der Waals surface area (Å²) in [5.41, 5.74) is 3.88. The highest BCUT2D eigenvalue weighted by atomic mass is 19.1. The summed E-state index contributed by atoms with van der Waals surface area (Å²) in [6.45, 7) is 0.514. The maximum Gasteiger partial charge on any atom is 0.241 e. The lowest BCUT2D eigenvalue weighted by molar-refractivity contribution is -0.123. The zero-order valence-corrected chi connectivity index (χ0v) is 16.9. The van der Waals surface area contributed by atoms with Crippen LogP contribution >= 0.6 is 0 Å². The molecule has 3 N–H and O–H groups in total. The molecule has 2 aromatic heterocycles. The third-order valence-corrected chi connectivity index (χ3v) is 5.92.